The molecule has 1 aliphatic rings. The van der Waals surface area contributed by atoms with E-state index in [1.165, 1.54) is 5.56 Å². The van der Waals surface area contributed by atoms with Gasteiger partial charge >= 0.3 is 0 Å². The topological polar surface area (TPSA) is 59.6 Å². The second kappa shape index (κ2) is 8.49. The van der Waals surface area contributed by atoms with Gasteiger partial charge in [-0.05, 0) is 23.6 Å². The molecule has 0 saturated carbocycles. The Hall–Kier alpha value is -1.59. The molecule has 1 fully saturated rings. The highest BCUT2D eigenvalue weighted by atomic mass is 16.5. The first kappa shape index (κ1) is 18.7. The van der Waals surface area contributed by atoms with Crippen molar-refractivity contribution in [2.24, 2.45) is 5.92 Å². The molecule has 1 heterocycles. The van der Waals surface area contributed by atoms with Gasteiger partial charge in [0.15, 0.2) is 0 Å². The first-order valence-electron chi connectivity index (χ1n) is 8.70. The Morgan fingerprint density at radius 2 is 2.08 bits per heavy atom. The van der Waals surface area contributed by atoms with Crippen molar-refractivity contribution in [3.8, 4) is 5.75 Å². The number of hydrogen-bond donors (Lipinski definition) is 2. The molecule has 1 amide bonds. The largest absolute Gasteiger partial charge is 0.493 e. The molecule has 1 saturated heterocycles. The van der Waals surface area contributed by atoms with Crippen LogP contribution in [0.15, 0.2) is 24.3 Å². The van der Waals surface area contributed by atoms with E-state index in [4.69, 9.17) is 9.47 Å². The fraction of sp³-hybridized carbons (Fsp3) is 0.632. The second-order valence-electron chi connectivity index (χ2n) is 7.41. The van der Waals surface area contributed by atoms with Crippen molar-refractivity contribution in [3.63, 3.8) is 0 Å². The first-order chi connectivity index (χ1) is 11.4. The maximum atomic E-state index is 12.2. The van der Waals surface area contributed by atoms with Crippen molar-refractivity contribution in [1.29, 1.82) is 0 Å². The highest BCUT2D eigenvalue weighted by Gasteiger charge is 2.25. The van der Waals surface area contributed by atoms with E-state index in [0.29, 0.717) is 25.7 Å². The Kier molecular flexibility index (Phi) is 6.63. The van der Waals surface area contributed by atoms with E-state index in [0.717, 1.165) is 18.9 Å². The molecule has 2 N–H and O–H groups in total. The minimum atomic E-state index is -0.249. The fourth-order valence-electron chi connectivity index (χ4n) is 2.53. The van der Waals surface area contributed by atoms with Crippen molar-refractivity contribution in [2.45, 2.75) is 39.2 Å². The predicted molar refractivity (Wildman–Crippen MR) is 95.4 cm³/mol. The van der Waals surface area contributed by atoms with Crippen molar-refractivity contribution in [1.82, 2.24) is 10.6 Å². The number of nitrogens with one attached hydrogen (secondary N) is 2. The average Bonchev–Trinajstić information content (AvgIpc) is 2.59. The number of carbonyl (C=O) groups is 1. The predicted octanol–water partition coefficient (Wildman–Crippen LogP) is 2.10. The Balaban J connectivity index is 1.88. The third-order valence-electron chi connectivity index (χ3n) is 4.16. The van der Waals surface area contributed by atoms with Gasteiger partial charge in [-0.3, -0.25) is 4.79 Å². The van der Waals surface area contributed by atoms with Gasteiger partial charge in [-0.1, -0.05) is 39.8 Å². The summed E-state index contributed by atoms with van der Waals surface area (Å²) in [6.07, 6.45) is 0. The van der Waals surface area contributed by atoms with Gasteiger partial charge in [0.1, 0.15) is 11.8 Å². The third kappa shape index (κ3) is 5.49. The zero-order valence-corrected chi connectivity index (χ0v) is 15.2. The number of benzene rings is 1. The third-order valence-corrected chi connectivity index (χ3v) is 4.16. The number of hydrogen-bond acceptors (Lipinski definition) is 4. The van der Waals surface area contributed by atoms with E-state index in [9.17, 15) is 4.79 Å². The Morgan fingerprint density at radius 3 is 2.67 bits per heavy atom. The van der Waals surface area contributed by atoms with Crippen LogP contribution in [0.3, 0.4) is 0 Å². The van der Waals surface area contributed by atoms with E-state index in [2.05, 4.69) is 50.5 Å². The quantitative estimate of drug-likeness (QED) is 0.802. The van der Waals surface area contributed by atoms with Crippen LogP contribution in [0.4, 0.5) is 0 Å². The summed E-state index contributed by atoms with van der Waals surface area (Å²) in [4.78, 5) is 12.2. The molecular formula is C19H30N2O3. The fourth-order valence-corrected chi connectivity index (χ4v) is 2.53. The SMILES string of the molecule is CC(C)COc1ccc(C(C)(C)CNC(=O)C2COCCN2)cc1. The van der Waals surface area contributed by atoms with Gasteiger partial charge in [-0.15, -0.1) is 0 Å². The summed E-state index contributed by atoms with van der Waals surface area (Å²) in [6.45, 7) is 11.6. The number of morpholine rings is 1. The van der Waals surface area contributed by atoms with E-state index < -0.39 is 0 Å². The molecular weight excluding hydrogens is 304 g/mol. The smallest absolute Gasteiger partial charge is 0.239 e. The molecule has 0 aromatic heterocycles. The van der Waals surface area contributed by atoms with Gasteiger partial charge in [0, 0.05) is 18.5 Å². The molecule has 5 nitrogen and oxygen atoms in total. The molecule has 0 radical (unpaired) electrons. The number of carbonyl (C=O) groups excluding carboxylic acids is 1. The van der Waals surface area contributed by atoms with E-state index >= 15 is 0 Å². The first-order valence-corrected chi connectivity index (χ1v) is 8.70. The minimum absolute atomic E-state index is 0.000313. The van der Waals surface area contributed by atoms with Crippen LogP contribution in [0.2, 0.25) is 0 Å². The molecule has 0 bridgehead atoms. The van der Waals surface area contributed by atoms with E-state index in [1.807, 2.05) is 12.1 Å². The van der Waals surface area contributed by atoms with Crippen molar-refractivity contribution in [2.75, 3.05) is 32.9 Å². The molecule has 1 aliphatic heterocycles. The summed E-state index contributed by atoms with van der Waals surface area (Å²) < 4.78 is 11.1. The minimum Gasteiger partial charge on any atom is -0.493 e. The van der Waals surface area contributed by atoms with Crippen LogP contribution < -0.4 is 15.4 Å². The lowest BCUT2D eigenvalue weighted by Gasteiger charge is -2.28. The van der Waals surface area contributed by atoms with Crippen LogP contribution >= 0.6 is 0 Å². The van der Waals surface area contributed by atoms with Gasteiger partial charge in [0.2, 0.25) is 5.91 Å². The molecule has 0 aliphatic carbocycles. The lowest BCUT2D eigenvalue weighted by molar-refractivity contribution is -0.126. The molecule has 5 heteroatoms. The summed E-state index contributed by atoms with van der Waals surface area (Å²) in [5, 5.41) is 6.21. The molecule has 1 aromatic carbocycles. The van der Waals surface area contributed by atoms with Crippen LogP contribution in [-0.4, -0.2) is 44.9 Å². The molecule has 1 aromatic rings. The highest BCUT2D eigenvalue weighted by molar-refractivity contribution is 5.82. The van der Waals surface area contributed by atoms with Crippen LogP contribution in [-0.2, 0) is 14.9 Å². The maximum Gasteiger partial charge on any atom is 0.239 e. The second-order valence-corrected chi connectivity index (χ2v) is 7.41. The van der Waals surface area contributed by atoms with Crippen LogP contribution in [0.1, 0.15) is 33.3 Å². The van der Waals surface area contributed by atoms with Crippen molar-refractivity contribution >= 4 is 5.91 Å². The van der Waals surface area contributed by atoms with E-state index in [1.54, 1.807) is 0 Å². The lowest BCUT2D eigenvalue weighted by atomic mass is 9.84. The monoisotopic (exact) mass is 334 g/mol. The summed E-state index contributed by atoms with van der Waals surface area (Å²) in [5.74, 6) is 1.39. The van der Waals surface area contributed by atoms with Crippen molar-refractivity contribution in [3.05, 3.63) is 29.8 Å². The van der Waals surface area contributed by atoms with Gasteiger partial charge in [-0.2, -0.15) is 0 Å². The molecule has 1 unspecified atom stereocenters. The van der Waals surface area contributed by atoms with Gasteiger partial charge in [0.25, 0.3) is 0 Å². The number of rotatable bonds is 7. The summed E-state index contributed by atoms with van der Waals surface area (Å²) in [7, 11) is 0. The summed E-state index contributed by atoms with van der Waals surface area (Å²) >= 11 is 0. The normalized spacial score (nSPS) is 18.5. The van der Waals surface area contributed by atoms with Crippen LogP contribution in [0.5, 0.6) is 5.75 Å². The Labute approximate surface area is 145 Å². The average molecular weight is 334 g/mol. The summed E-state index contributed by atoms with van der Waals surface area (Å²) in [6, 6.07) is 7.89. The number of ether oxygens (including phenoxy) is 2. The lowest BCUT2D eigenvalue weighted by Crippen LogP contribution is -2.52. The molecule has 134 valence electrons. The highest BCUT2D eigenvalue weighted by Crippen LogP contribution is 2.25. The maximum absolute atomic E-state index is 12.2. The zero-order valence-electron chi connectivity index (χ0n) is 15.2. The standard InChI is InChI=1S/C19H30N2O3/c1-14(2)11-24-16-7-5-15(6-8-16)19(3,4)13-21-18(22)17-12-23-10-9-20-17/h5-8,14,17,20H,9-13H2,1-4H3,(H,21,22). The molecule has 2 rings (SSSR count). The summed E-state index contributed by atoms with van der Waals surface area (Å²) in [5.41, 5.74) is 1.02. The number of amides is 1. The Morgan fingerprint density at radius 1 is 1.38 bits per heavy atom. The molecule has 1 atom stereocenters. The van der Waals surface area contributed by atoms with E-state index in [-0.39, 0.29) is 17.4 Å². The van der Waals surface area contributed by atoms with Gasteiger partial charge < -0.3 is 20.1 Å². The van der Waals surface area contributed by atoms with Crippen LogP contribution in [0, 0.1) is 5.92 Å². The van der Waals surface area contributed by atoms with Gasteiger partial charge in [-0.25, -0.2) is 0 Å². The zero-order chi connectivity index (χ0) is 17.6. The van der Waals surface area contributed by atoms with Gasteiger partial charge in [0.05, 0.1) is 19.8 Å². The molecule has 0 spiro atoms. The van der Waals surface area contributed by atoms with Crippen LogP contribution in [0.25, 0.3) is 0 Å². The van der Waals surface area contributed by atoms with Crippen molar-refractivity contribution < 1.29 is 14.3 Å². The Bertz CT molecular complexity index is 520. The molecule has 24 heavy (non-hydrogen) atoms.